The van der Waals surface area contributed by atoms with Gasteiger partial charge in [0.15, 0.2) is 5.65 Å². The molecule has 7 heteroatoms. The summed E-state index contributed by atoms with van der Waals surface area (Å²) >= 11 is 5.98. The van der Waals surface area contributed by atoms with Gasteiger partial charge in [-0.05, 0) is 36.8 Å². The van der Waals surface area contributed by atoms with Crippen molar-refractivity contribution in [3.05, 3.63) is 59.3 Å². The lowest BCUT2D eigenvalue weighted by Crippen LogP contribution is -1.98. The van der Waals surface area contributed by atoms with Crippen LogP contribution >= 0.6 is 11.6 Å². The van der Waals surface area contributed by atoms with E-state index in [1.807, 2.05) is 24.4 Å². The molecule has 124 valence electrons. The van der Waals surface area contributed by atoms with Gasteiger partial charge in [0.1, 0.15) is 23.0 Å². The number of fused-ring (bicyclic) bond motifs is 2. The van der Waals surface area contributed by atoms with Gasteiger partial charge in [-0.25, -0.2) is 18.9 Å². The van der Waals surface area contributed by atoms with Gasteiger partial charge in [-0.3, -0.25) is 0 Å². The lowest BCUT2D eigenvalue weighted by molar-refractivity contribution is 0.628. The predicted molar refractivity (Wildman–Crippen MR) is 92.9 cm³/mol. The second kappa shape index (κ2) is 5.39. The number of hydrogen-bond acceptors (Lipinski definition) is 3. The van der Waals surface area contributed by atoms with Crippen LogP contribution < -0.4 is 0 Å². The average Bonchev–Trinajstić information content (AvgIpc) is 3.29. The average molecular weight is 354 g/mol. The van der Waals surface area contributed by atoms with Gasteiger partial charge in [0.25, 0.3) is 0 Å². The van der Waals surface area contributed by atoms with Crippen LogP contribution in [0.25, 0.3) is 28.4 Å². The first-order valence-electron chi connectivity index (χ1n) is 8.07. The molecule has 0 aliphatic carbocycles. The predicted octanol–water partition coefficient (Wildman–Crippen LogP) is 4.00. The molecule has 0 spiro atoms. The Morgan fingerprint density at radius 3 is 2.88 bits per heavy atom. The Balaban J connectivity index is 1.76. The summed E-state index contributed by atoms with van der Waals surface area (Å²) in [5, 5.41) is 4.68. The van der Waals surface area contributed by atoms with Crippen LogP contribution in [-0.4, -0.2) is 24.1 Å². The molecular weight excluding hydrogens is 341 g/mol. The molecule has 0 N–H and O–H groups in total. The van der Waals surface area contributed by atoms with Gasteiger partial charge in [-0.15, -0.1) is 5.10 Å². The first-order valence-corrected chi connectivity index (χ1v) is 8.45. The van der Waals surface area contributed by atoms with E-state index in [0.717, 1.165) is 47.8 Å². The van der Waals surface area contributed by atoms with Crippen molar-refractivity contribution in [2.24, 2.45) is 0 Å². The molecular formula is C18H13ClFN5. The second-order valence-corrected chi connectivity index (χ2v) is 6.46. The standard InChI is InChI=1S/C18H13ClFN5/c19-12-10-11(6-7-13(12)20)16-17(24-8-3-5-14(24)21-16)18-22-15-4-1-2-9-25(15)23-18/h1-2,4,6-7,9-10H,3,5,8H2. The maximum atomic E-state index is 13.6. The zero-order valence-electron chi connectivity index (χ0n) is 13.2. The summed E-state index contributed by atoms with van der Waals surface area (Å²) in [6.07, 6.45) is 3.82. The van der Waals surface area contributed by atoms with Crippen LogP contribution in [0.5, 0.6) is 0 Å². The van der Waals surface area contributed by atoms with E-state index in [1.165, 1.54) is 6.07 Å². The number of rotatable bonds is 2. The van der Waals surface area contributed by atoms with Crippen LogP contribution in [0, 0.1) is 5.82 Å². The van der Waals surface area contributed by atoms with E-state index in [9.17, 15) is 4.39 Å². The largest absolute Gasteiger partial charge is 0.325 e. The van der Waals surface area contributed by atoms with Crippen molar-refractivity contribution in [3.8, 4) is 22.8 Å². The van der Waals surface area contributed by atoms with Gasteiger partial charge in [0, 0.05) is 24.7 Å². The minimum Gasteiger partial charge on any atom is -0.325 e. The normalized spacial score (nSPS) is 13.5. The number of nitrogens with zero attached hydrogens (tertiary/aromatic N) is 5. The van der Waals surface area contributed by atoms with Crippen LogP contribution in [0.4, 0.5) is 4.39 Å². The van der Waals surface area contributed by atoms with Crippen molar-refractivity contribution in [1.29, 1.82) is 0 Å². The summed E-state index contributed by atoms with van der Waals surface area (Å²) in [4.78, 5) is 9.41. The molecule has 25 heavy (non-hydrogen) atoms. The highest BCUT2D eigenvalue weighted by Crippen LogP contribution is 2.35. The van der Waals surface area contributed by atoms with Crippen LogP contribution in [0.15, 0.2) is 42.6 Å². The summed E-state index contributed by atoms with van der Waals surface area (Å²) in [5.74, 6) is 1.18. The summed E-state index contributed by atoms with van der Waals surface area (Å²) in [7, 11) is 0. The number of pyridine rings is 1. The number of aryl methyl sites for hydroxylation is 1. The molecule has 3 aromatic heterocycles. The van der Waals surface area contributed by atoms with E-state index in [-0.39, 0.29) is 5.02 Å². The fourth-order valence-corrected chi connectivity index (χ4v) is 3.51. The van der Waals surface area contributed by atoms with E-state index in [4.69, 9.17) is 16.6 Å². The molecule has 0 radical (unpaired) electrons. The lowest BCUT2D eigenvalue weighted by Gasteiger charge is -2.05. The molecule has 0 atom stereocenters. The van der Waals surface area contributed by atoms with E-state index in [2.05, 4.69) is 14.6 Å². The zero-order valence-corrected chi connectivity index (χ0v) is 13.9. The smallest absolute Gasteiger partial charge is 0.201 e. The number of imidazole rings is 1. The number of aromatic nitrogens is 5. The van der Waals surface area contributed by atoms with Crippen molar-refractivity contribution in [3.63, 3.8) is 0 Å². The zero-order chi connectivity index (χ0) is 17.0. The van der Waals surface area contributed by atoms with Crippen molar-refractivity contribution < 1.29 is 4.39 Å². The van der Waals surface area contributed by atoms with Gasteiger partial charge < -0.3 is 4.57 Å². The Bertz CT molecular complexity index is 1080. The topological polar surface area (TPSA) is 48.0 Å². The first-order chi connectivity index (χ1) is 12.2. The van der Waals surface area contributed by atoms with E-state index < -0.39 is 5.82 Å². The molecule has 4 heterocycles. The molecule has 1 aromatic carbocycles. The molecule has 4 aromatic rings. The van der Waals surface area contributed by atoms with Crippen molar-refractivity contribution >= 4 is 17.2 Å². The van der Waals surface area contributed by atoms with Crippen molar-refractivity contribution in [2.75, 3.05) is 0 Å². The number of benzene rings is 1. The highest BCUT2D eigenvalue weighted by atomic mass is 35.5. The first kappa shape index (κ1) is 14.6. The van der Waals surface area contributed by atoms with Crippen molar-refractivity contribution in [2.45, 2.75) is 19.4 Å². The summed E-state index contributed by atoms with van der Waals surface area (Å²) in [6, 6.07) is 10.4. The summed E-state index contributed by atoms with van der Waals surface area (Å²) < 4.78 is 17.4. The highest BCUT2D eigenvalue weighted by molar-refractivity contribution is 6.31. The molecule has 0 amide bonds. The highest BCUT2D eigenvalue weighted by Gasteiger charge is 2.26. The maximum absolute atomic E-state index is 13.6. The van der Waals surface area contributed by atoms with E-state index in [1.54, 1.807) is 16.6 Å². The van der Waals surface area contributed by atoms with Crippen LogP contribution in [0.1, 0.15) is 12.2 Å². The van der Waals surface area contributed by atoms with Gasteiger partial charge >= 0.3 is 0 Å². The molecule has 1 aliphatic rings. The molecule has 5 rings (SSSR count). The Morgan fingerprint density at radius 1 is 1.12 bits per heavy atom. The third-order valence-electron chi connectivity index (χ3n) is 4.47. The second-order valence-electron chi connectivity index (χ2n) is 6.05. The molecule has 0 saturated heterocycles. The summed E-state index contributed by atoms with van der Waals surface area (Å²) in [5.41, 5.74) is 3.14. The van der Waals surface area contributed by atoms with Gasteiger partial charge in [0.2, 0.25) is 5.82 Å². The van der Waals surface area contributed by atoms with Crippen LogP contribution in [0.2, 0.25) is 5.02 Å². The van der Waals surface area contributed by atoms with E-state index in [0.29, 0.717) is 5.82 Å². The molecule has 5 nitrogen and oxygen atoms in total. The van der Waals surface area contributed by atoms with Crippen molar-refractivity contribution in [1.82, 2.24) is 24.1 Å². The Hall–Kier alpha value is -2.73. The Labute approximate surface area is 147 Å². The molecule has 0 saturated carbocycles. The number of halogens is 2. The molecule has 0 fully saturated rings. The SMILES string of the molecule is Fc1ccc(-c2nc3n(c2-c2nc4ccccn4n2)CCC3)cc1Cl. The minimum absolute atomic E-state index is 0.0829. The van der Waals surface area contributed by atoms with Crippen LogP contribution in [-0.2, 0) is 13.0 Å². The Morgan fingerprint density at radius 2 is 2.04 bits per heavy atom. The van der Waals surface area contributed by atoms with Gasteiger partial charge in [-0.2, -0.15) is 0 Å². The number of hydrogen-bond donors (Lipinski definition) is 0. The fraction of sp³-hybridized carbons (Fsp3) is 0.167. The monoisotopic (exact) mass is 353 g/mol. The third kappa shape index (κ3) is 2.25. The van der Waals surface area contributed by atoms with E-state index >= 15 is 0 Å². The Kier molecular flexibility index (Phi) is 3.15. The lowest BCUT2D eigenvalue weighted by atomic mass is 10.1. The third-order valence-corrected chi connectivity index (χ3v) is 4.76. The maximum Gasteiger partial charge on any atom is 0.201 e. The van der Waals surface area contributed by atoms with Crippen LogP contribution in [0.3, 0.4) is 0 Å². The fourth-order valence-electron chi connectivity index (χ4n) is 3.33. The quantitative estimate of drug-likeness (QED) is 0.547. The van der Waals surface area contributed by atoms with Gasteiger partial charge in [-0.1, -0.05) is 17.7 Å². The van der Waals surface area contributed by atoms with Gasteiger partial charge in [0.05, 0.1) is 5.02 Å². The minimum atomic E-state index is -0.440. The summed E-state index contributed by atoms with van der Waals surface area (Å²) in [6.45, 7) is 0.877. The molecule has 0 unspecified atom stereocenters. The molecule has 1 aliphatic heterocycles. The molecule has 0 bridgehead atoms.